The number of allylic oxidation sites excluding steroid dienone is 1. The lowest BCUT2D eigenvalue weighted by molar-refractivity contribution is 0.0113. The topological polar surface area (TPSA) is 35.5 Å². The van der Waals surface area contributed by atoms with Crippen molar-refractivity contribution in [1.29, 1.82) is 0 Å². The van der Waals surface area contributed by atoms with Gasteiger partial charge in [0.05, 0.1) is 6.10 Å². The first kappa shape index (κ1) is 26.2. The molecule has 3 heteroatoms. The average molecular weight is 485 g/mol. The zero-order valence-corrected chi connectivity index (χ0v) is 22.9. The molecule has 1 saturated heterocycles. The van der Waals surface area contributed by atoms with E-state index in [1.54, 1.807) is 0 Å². The second-order valence-corrected chi connectivity index (χ2v) is 13.3. The van der Waals surface area contributed by atoms with Crippen LogP contribution in [0.1, 0.15) is 135 Å². The molecule has 2 N–H and O–H groups in total. The van der Waals surface area contributed by atoms with Gasteiger partial charge in [-0.2, -0.15) is 0 Å². The van der Waals surface area contributed by atoms with Gasteiger partial charge in [-0.05, 0) is 108 Å². The van der Waals surface area contributed by atoms with Crippen molar-refractivity contribution in [3.05, 3.63) is 12.2 Å². The lowest BCUT2D eigenvalue weighted by Gasteiger charge is -2.49. The van der Waals surface area contributed by atoms with Crippen LogP contribution in [0.3, 0.4) is 0 Å². The minimum absolute atomic E-state index is 0.122. The fourth-order valence-corrected chi connectivity index (χ4v) is 9.01. The highest BCUT2D eigenvalue weighted by Gasteiger charge is 2.38. The van der Waals surface area contributed by atoms with E-state index in [-0.39, 0.29) is 6.10 Å². The summed E-state index contributed by atoms with van der Waals surface area (Å²) in [5.74, 6) is 2.50. The molecule has 0 bridgehead atoms. The van der Waals surface area contributed by atoms with Crippen LogP contribution in [0, 0.1) is 17.8 Å². The number of hydrogen-bond donors (Lipinski definition) is 2. The summed E-state index contributed by atoms with van der Waals surface area (Å²) in [4.78, 5) is 3.13. The minimum atomic E-state index is -0.122. The van der Waals surface area contributed by atoms with Crippen LogP contribution in [0.5, 0.6) is 0 Å². The minimum Gasteiger partial charge on any atom is -0.391 e. The normalized spacial score (nSPS) is 41.8. The molecule has 200 valence electrons. The Morgan fingerprint density at radius 3 is 2.09 bits per heavy atom. The monoisotopic (exact) mass is 484 g/mol. The fourth-order valence-electron chi connectivity index (χ4n) is 9.01. The van der Waals surface area contributed by atoms with E-state index in [2.05, 4.69) is 29.3 Å². The summed E-state index contributed by atoms with van der Waals surface area (Å²) in [6, 6.07) is 3.44. The Bertz CT molecular complexity index is 642. The van der Waals surface area contributed by atoms with Crippen molar-refractivity contribution >= 4 is 0 Å². The van der Waals surface area contributed by atoms with Gasteiger partial charge in [0.2, 0.25) is 0 Å². The van der Waals surface area contributed by atoms with Gasteiger partial charge in [-0.25, -0.2) is 0 Å². The Morgan fingerprint density at radius 2 is 1.37 bits per heavy atom. The van der Waals surface area contributed by atoms with Crippen molar-refractivity contribution in [3.63, 3.8) is 0 Å². The van der Waals surface area contributed by atoms with Crippen molar-refractivity contribution in [1.82, 2.24) is 10.2 Å². The van der Waals surface area contributed by atoms with E-state index in [4.69, 9.17) is 0 Å². The molecule has 4 saturated carbocycles. The summed E-state index contributed by atoms with van der Waals surface area (Å²) in [7, 11) is 0. The lowest BCUT2D eigenvalue weighted by Crippen LogP contribution is -2.54. The number of rotatable bonds is 7. The van der Waals surface area contributed by atoms with Crippen LogP contribution < -0.4 is 5.32 Å². The van der Waals surface area contributed by atoms with Gasteiger partial charge in [-0.1, -0.05) is 57.6 Å². The molecule has 0 aromatic heterocycles. The van der Waals surface area contributed by atoms with E-state index < -0.39 is 0 Å². The maximum absolute atomic E-state index is 10.5. The van der Waals surface area contributed by atoms with Gasteiger partial charge in [0.1, 0.15) is 0 Å². The number of hydrogen-bond acceptors (Lipinski definition) is 3. The number of fused-ring (bicyclic) bond motifs is 1. The van der Waals surface area contributed by atoms with Crippen molar-refractivity contribution in [2.24, 2.45) is 17.8 Å². The van der Waals surface area contributed by atoms with Crippen LogP contribution in [0.2, 0.25) is 0 Å². The Morgan fingerprint density at radius 1 is 0.686 bits per heavy atom. The molecule has 5 rings (SSSR count). The second-order valence-electron chi connectivity index (χ2n) is 13.3. The predicted octanol–water partition coefficient (Wildman–Crippen LogP) is 7.38. The van der Waals surface area contributed by atoms with Crippen LogP contribution in [0.15, 0.2) is 12.2 Å². The van der Waals surface area contributed by atoms with Crippen molar-refractivity contribution in [2.45, 2.75) is 172 Å². The van der Waals surface area contributed by atoms with E-state index in [0.29, 0.717) is 18.0 Å². The zero-order chi connectivity index (χ0) is 24.0. The Balaban J connectivity index is 1.13. The largest absolute Gasteiger partial charge is 0.391 e. The van der Waals surface area contributed by atoms with Crippen molar-refractivity contribution < 1.29 is 5.11 Å². The molecule has 0 spiro atoms. The van der Waals surface area contributed by atoms with E-state index >= 15 is 0 Å². The summed E-state index contributed by atoms with van der Waals surface area (Å²) in [5.41, 5.74) is 0. The maximum Gasteiger partial charge on any atom is 0.0696 e. The highest BCUT2D eigenvalue weighted by atomic mass is 16.3. The van der Waals surface area contributed by atoms with Crippen molar-refractivity contribution in [3.8, 4) is 0 Å². The molecule has 0 radical (unpaired) electrons. The zero-order valence-electron chi connectivity index (χ0n) is 22.9. The molecule has 0 aromatic carbocycles. The van der Waals surface area contributed by atoms with Gasteiger partial charge in [-0.3, -0.25) is 4.90 Å². The summed E-state index contributed by atoms with van der Waals surface area (Å²) < 4.78 is 0. The number of nitrogens with zero attached hydrogens (tertiary/aromatic N) is 1. The number of nitrogens with one attached hydrogen (secondary N) is 1. The molecule has 4 aliphatic carbocycles. The Labute approximate surface area is 216 Å². The highest BCUT2D eigenvalue weighted by molar-refractivity contribution is 5.04. The second kappa shape index (κ2) is 12.9. The molecule has 4 atom stereocenters. The van der Waals surface area contributed by atoms with E-state index in [1.165, 1.54) is 122 Å². The van der Waals surface area contributed by atoms with E-state index in [1.807, 2.05) is 0 Å². The van der Waals surface area contributed by atoms with E-state index in [0.717, 1.165) is 36.4 Å². The standard InChI is InChI=1S/C32H56N2O/c1-2-7-24-13-20-29(21-14-24)34(28-9-4-3-5-10-28)30-22-15-25(16-23-30)12-18-27-19-17-26-8-6-11-31(35)32(26)33-27/h12,18,24-33,35H,2-11,13-17,19-23H2,1H3/b18-12+. The molecule has 35 heavy (non-hydrogen) atoms. The van der Waals surface area contributed by atoms with Crippen LogP contribution in [-0.4, -0.2) is 46.3 Å². The predicted molar refractivity (Wildman–Crippen MR) is 148 cm³/mol. The highest BCUT2D eigenvalue weighted by Crippen LogP contribution is 2.39. The molecule has 3 nitrogen and oxygen atoms in total. The molecule has 5 aliphatic rings. The molecule has 4 unspecified atom stereocenters. The third-order valence-electron chi connectivity index (χ3n) is 11.0. The summed E-state index contributed by atoms with van der Waals surface area (Å²) in [5, 5.41) is 14.3. The van der Waals surface area contributed by atoms with Crippen LogP contribution >= 0.6 is 0 Å². The lowest BCUT2D eigenvalue weighted by atomic mass is 9.76. The first-order valence-electron chi connectivity index (χ1n) is 16.1. The fraction of sp³-hybridized carbons (Fsp3) is 0.938. The Kier molecular flexibility index (Phi) is 9.68. The molecule has 1 heterocycles. The molecular weight excluding hydrogens is 428 g/mol. The van der Waals surface area contributed by atoms with Gasteiger partial charge < -0.3 is 10.4 Å². The van der Waals surface area contributed by atoms with Gasteiger partial charge >= 0.3 is 0 Å². The molecular formula is C32H56N2O. The maximum atomic E-state index is 10.5. The van der Waals surface area contributed by atoms with Crippen LogP contribution in [0.25, 0.3) is 0 Å². The first-order valence-corrected chi connectivity index (χ1v) is 16.1. The SMILES string of the molecule is CCCC1CCC(N(C2CCCCC2)C2CCC(/C=C/C3CCC4CCCC(O)C4N3)CC2)CC1. The first-order chi connectivity index (χ1) is 17.2. The number of aliphatic hydroxyl groups is 1. The third-order valence-corrected chi connectivity index (χ3v) is 11.0. The van der Waals surface area contributed by atoms with Crippen molar-refractivity contribution in [2.75, 3.05) is 0 Å². The Hall–Kier alpha value is -0.380. The van der Waals surface area contributed by atoms with Crippen LogP contribution in [-0.2, 0) is 0 Å². The molecule has 5 fully saturated rings. The van der Waals surface area contributed by atoms with E-state index in [9.17, 15) is 5.11 Å². The quantitative estimate of drug-likeness (QED) is 0.370. The molecule has 1 aliphatic heterocycles. The van der Waals surface area contributed by atoms with Gasteiger partial charge in [0.15, 0.2) is 0 Å². The summed E-state index contributed by atoms with van der Waals surface area (Å²) in [6.07, 6.45) is 32.7. The van der Waals surface area contributed by atoms with Crippen LogP contribution in [0.4, 0.5) is 0 Å². The van der Waals surface area contributed by atoms with Gasteiger partial charge in [0, 0.05) is 30.2 Å². The summed E-state index contributed by atoms with van der Waals surface area (Å²) >= 11 is 0. The van der Waals surface area contributed by atoms with Gasteiger partial charge in [-0.15, -0.1) is 0 Å². The third kappa shape index (κ3) is 6.74. The number of piperidine rings is 1. The average Bonchev–Trinajstić information content (AvgIpc) is 2.90. The molecule has 0 amide bonds. The smallest absolute Gasteiger partial charge is 0.0696 e. The summed E-state index contributed by atoms with van der Waals surface area (Å²) in [6.45, 7) is 2.37. The van der Waals surface area contributed by atoms with Gasteiger partial charge in [0.25, 0.3) is 0 Å². The molecule has 0 aromatic rings. The number of aliphatic hydroxyl groups excluding tert-OH is 1.